The number of thiophene rings is 1. The summed E-state index contributed by atoms with van der Waals surface area (Å²) in [6.07, 6.45) is 0. The molecule has 10 heteroatoms. The topological polar surface area (TPSA) is 92.7 Å². The Hall–Kier alpha value is -2.75. The highest BCUT2D eigenvalue weighted by atomic mass is 79.9. The first kappa shape index (κ1) is 20.5. The summed E-state index contributed by atoms with van der Waals surface area (Å²) < 4.78 is 2.14. The molecule has 0 bridgehead atoms. The third-order valence-corrected chi connectivity index (χ3v) is 6.20. The fourth-order valence-electron chi connectivity index (χ4n) is 2.76. The zero-order chi connectivity index (χ0) is 21.4. The van der Waals surface area contributed by atoms with Gasteiger partial charge in [-0.15, -0.1) is 11.3 Å². The van der Waals surface area contributed by atoms with Crippen LogP contribution in [0.1, 0.15) is 21.6 Å². The summed E-state index contributed by atoms with van der Waals surface area (Å²) in [6.45, 7) is 3.44. The molecule has 0 atom stereocenters. The van der Waals surface area contributed by atoms with Crippen molar-refractivity contribution in [1.82, 2.24) is 19.7 Å². The van der Waals surface area contributed by atoms with Gasteiger partial charge in [0.1, 0.15) is 11.5 Å². The van der Waals surface area contributed by atoms with Crippen LogP contribution in [0.3, 0.4) is 0 Å². The van der Waals surface area contributed by atoms with E-state index in [0.29, 0.717) is 33.4 Å². The highest BCUT2D eigenvalue weighted by Crippen LogP contribution is 2.28. The number of hydrogen-bond donors (Lipinski definition) is 2. The minimum atomic E-state index is -0.411. The minimum absolute atomic E-state index is 0.210. The second-order valence-electron chi connectivity index (χ2n) is 6.48. The molecule has 0 radical (unpaired) electrons. The van der Waals surface area contributed by atoms with Crippen LogP contribution in [0.2, 0.25) is 5.02 Å². The lowest BCUT2D eigenvalue weighted by atomic mass is 10.2. The first-order chi connectivity index (χ1) is 14.3. The largest absolute Gasteiger partial charge is 0.306 e. The van der Waals surface area contributed by atoms with Crippen molar-refractivity contribution in [1.29, 1.82) is 0 Å². The van der Waals surface area contributed by atoms with Gasteiger partial charge in [-0.05, 0) is 43.5 Å². The molecular weight excluding hydrogens is 490 g/mol. The van der Waals surface area contributed by atoms with Crippen molar-refractivity contribution in [3.63, 3.8) is 0 Å². The lowest BCUT2D eigenvalue weighted by Crippen LogP contribution is -2.21. The zero-order valence-electron chi connectivity index (χ0n) is 15.9. The molecule has 7 nitrogen and oxygen atoms in total. The highest BCUT2D eigenvalue weighted by Gasteiger charge is 2.19. The Kier molecular flexibility index (Phi) is 5.59. The molecule has 30 heavy (non-hydrogen) atoms. The van der Waals surface area contributed by atoms with Crippen molar-refractivity contribution >= 4 is 50.6 Å². The standard InChI is InChI=1S/C20H15BrClN5O2S/c1-10-11(2)23-20(25-18(10)28)27-17(9-15(26-27)16-4-3-7-30-16)24-19(29)13-8-12(21)5-6-14(13)22/h3-9H,1-2H3,(H,24,29)(H,23,25,28). The van der Waals surface area contributed by atoms with Crippen LogP contribution in [0.25, 0.3) is 16.5 Å². The van der Waals surface area contributed by atoms with Gasteiger partial charge < -0.3 is 5.32 Å². The number of rotatable bonds is 4. The lowest BCUT2D eigenvalue weighted by molar-refractivity contribution is 0.102. The van der Waals surface area contributed by atoms with Crippen LogP contribution in [0.5, 0.6) is 0 Å². The van der Waals surface area contributed by atoms with Crippen LogP contribution in [0.4, 0.5) is 5.82 Å². The smallest absolute Gasteiger partial charge is 0.258 e. The summed E-state index contributed by atoms with van der Waals surface area (Å²) in [5, 5.41) is 9.64. The number of amides is 1. The zero-order valence-corrected chi connectivity index (χ0v) is 19.0. The van der Waals surface area contributed by atoms with Crippen molar-refractivity contribution in [2.45, 2.75) is 13.8 Å². The molecule has 1 aromatic carbocycles. The maximum Gasteiger partial charge on any atom is 0.258 e. The Morgan fingerprint density at radius 3 is 2.77 bits per heavy atom. The number of H-pyrrole nitrogens is 1. The van der Waals surface area contributed by atoms with E-state index >= 15 is 0 Å². The van der Waals surface area contributed by atoms with E-state index in [0.717, 1.165) is 9.35 Å². The molecule has 0 saturated heterocycles. The summed E-state index contributed by atoms with van der Waals surface area (Å²) in [6, 6.07) is 10.6. The van der Waals surface area contributed by atoms with Crippen molar-refractivity contribution < 1.29 is 4.79 Å². The number of aromatic amines is 1. The summed E-state index contributed by atoms with van der Waals surface area (Å²) >= 11 is 11.1. The molecule has 0 spiro atoms. The molecule has 0 aliphatic heterocycles. The van der Waals surface area contributed by atoms with Crippen LogP contribution in [0.15, 0.2) is 51.0 Å². The first-order valence-electron chi connectivity index (χ1n) is 8.81. The minimum Gasteiger partial charge on any atom is -0.306 e. The van der Waals surface area contributed by atoms with E-state index in [4.69, 9.17) is 11.6 Å². The number of carbonyl (C=O) groups excluding carboxylic acids is 1. The number of aromatic nitrogens is 4. The molecule has 3 aromatic heterocycles. The van der Waals surface area contributed by atoms with Crippen molar-refractivity contribution in [3.8, 4) is 16.5 Å². The van der Waals surface area contributed by atoms with Gasteiger partial charge >= 0.3 is 0 Å². The predicted octanol–water partition coefficient (Wildman–Crippen LogP) is 4.97. The van der Waals surface area contributed by atoms with Crippen LogP contribution < -0.4 is 10.9 Å². The summed E-state index contributed by atoms with van der Waals surface area (Å²) in [5.74, 6) is 0.152. The van der Waals surface area contributed by atoms with E-state index < -0.39 is 5.91 Å². The Labute approximate surface area is 188 Å². The average molecular weight is 505 g/mol. The van der Waals surface area contributed by atoms with E-state index in [1.54, 1.807) is 38.1 Å². The maximum atomic E-state index is 12.9. The van der Waals surface area contributed by atoms with Gasteiger partial charge in [-0.25, -0.2) is 4.98 Å². The SMILES string of the molecule is Cc1nc(-n2nc(-c3cccs3)cc2NC(=O)c2cc(Br)ccc2Cl)[nH]c(=O)c1C. The molecule has 4 aromatic rings. The fourth-order valence-corrected chi connectivity index (χ4v) is 4.01. The summed E-state index contributed by atoms with van der Waals surface area (Å²) in [5.41, 5.74) is 1.78. The number of hydrogen-bond acceptors (Lipinski definition) is 5. The monoisotopic (exact) mass is 503 g/mol. The van der Waals surface area contributed by atoms with Gasteiger partial charge in [-0.3, -0.25) is 14.6 Å². The molecule has 0 saturated carbocycles. The van der Waals surface area contributed by atoms with E-state index in [-0.39, 0.29) is 11.5 Å². The molecule has 1 amide bonds. The van der Waals surface area contributed by atoms with Crippen molar-refractivity contribution in [3.05, 3.63) is 78.4 Å². The molecule has 0 aliphatic carbocycles. The summed E-state index contributed by atoms with van der Waals surface area (Å²) in [4.78, 5) is 33.2. The lowest BCUT2D eigenvalue weighted by Gasteiger charge is -2.10. The summed E-state index contributed by atoms with van der Waals surface area (Å²) in [7, 11) is 0. The number of aryl methyl sites for hydroxylation is 1. The molecule has 4 rings (SSSR count). The molecule has 0 aliphatic rings. The number of nitrogens with one attached hydrogen (secondary N) is 2. The average Bonchev–Trinajstić information content (AvgIpc) is 3.37. The Balaban J connectivity index is 1.81. The fraction of sp³-hybridized carbons (Fsp3) is 0.100. The van der Waals surface area contributed by atoms with Crippen LogP contribution >= 0.6 is 38.9 Å². The van der Waals surface area contributed by atoms with E-state index in [2.05, 4.69) is 36.3 Å². The second-order valence-corrected chi connectivity index (χ2v) is 8.75. The van der Waals surface area contributed by atoms with Crippen LogP contribution in [-0.4, -0.2) is 25.7 Å². The van der Waals surface area contributed by atoms with E-state index in [1.165, 1.54) is 16.0 Å². The number of nitrogens with zero attached hydrogens (tertiary/aromatic N) is 3. The molecule has 3 heterocycles. The van der Waals surface area contributed by atoms with E-state index in [9.17, 15) is 9.59 Å². The Bertz CT molecular complexity index is 1310. The first-order valence-corrected chi connectivity index (χ1v) is 10.9. The van der Waals surface area contributed by atoms with Crippen LogP contribution in [-0.2, 0) is 0 Å². The number of anilines is 1. The number of halogens is 2. The molecule has 152 valence electrons. The molecule has 2 N–H and O–H groups in total. The van der Waals surface area contributed by atoms with Crippen LogP contribution in [0, 0.1) is 13.8 Å². The van der Waals surface area contributed by atoms with Crippen molar-refractivity contribution in [2.24, 2.45) is 0 Å². The number of benzene rings is 1. The predicted molar refractivity (Wildman–Crippen MR) is 122 cm³/mol. The van der Waals surface area contributed by atoms with Gasteiger partial charge in [0, 0.05) is 21.8 Å². The van der Waals surface area contributed by atoms with Gasteiger partial charge in [0.05, 0.1) is 15.5 Å². The van der Waals surface area contributed by atoms with Gasteiger partial charge in [0.25, 0.3) is 11.5 Å². The van der Waals surface area contributed by atoms with Gasteiger partial charge in [-0.1, -0.05) is 33.6 Å². The third-order valence-electron chi connectivity index (χ3n) is 4.48. The third kappa shape index (κ3) is 3.96. The molecule has 0 unspecified atom stereocenters. The normalized spacial score (nSPS) is 10.9. The Morgan fingerprint density at radius 2 is 2.07 bits per heavy atom. The van der Waals surface area contributed by atoms with E-state index in [1.807, 2.05) is 17.5 Å². The number of carbonyl (C=O) groups is 1. The molecule has 0 fully saturated rings. The Morgan fingerprint density at radius 1 is 1.27 bits per heavy atom. The van der Waals surface area contributed by atoms with Gasteiger partial charge in [0.15, 0.2) is 0 Å². The van der Waals surface area contributed by atoms with Crippen molar-refractivity contribution in [2.75, 3.05) is 5.32 Å². The highest BCUT2D eigenvalue weighted by molar-refractivity contribution is 9.10. The quantitative estimate of drug-likeness (QED) is 0.410. The van der Waals surface area contributed by atoms with Gasteiger partial charge in [0.2, 0.25) is 5.95 Å². The van der Waals surface area contributed by atoms with Gasteiger partial charge in [-0.2, -0.15) is 9.78 Å². The molecular formula is C20H15BrClN5O2S. The maximum absolute atomic E-state index is 12.9. The second kappa shape index (κ2) is 8.17.